The Morgan fingerprint density at radius 2 is 2.06 bits per heavy atom. The van der Waals surface area contributed by atoms with E-state index in [1.54, 1.807) is 12.4 Å². The smallest absolute Gasteiger partial charge is 0.146 e. The molecule has 16 heavy (non-hydrogen) atoms. The zero-order valence-corrected chi connectivity index (χ0v) is 9.99. The molecule has 0 aliphatic rings. The molecule has 0 saturated carbocycles. The van der Waals surface area contributed by atoms with Gasteiger partial charge in [-0.2, -0.15) is 0 Å². The average Bonchev–Trinajstić information content (AvgIpc) is 2.34. The van der Waals surface area contributed by atoms with E-state index in [-0.39, 0.29) is 0 Å². The average molecular weight is 224 g/mol. The maximum absolute atomic E-state index is 5.38. The van der Waals surface area contributed by atoms with Crippen LogP contribution in [-0.2, 0) is 4.74 Å². The monoisotopic (exact) mass is 224 g/mol. The molecule has 2 N–H and O–H groups in total. The number of nitrogens with zero attached hydrogens (tertiary/aromatic N) is 2. The van der Waals surface area contributed by atoms with Gasteiger partial charge in [-0.15, -0.1) is 0 Å². The predicted octanol–water partition coefficient (Wildman–Crippen LogP) is 1.75. The van der Waals surface area contributed by atoms with E-state index >= 15 is 0 Å². The topological polar surface area (TPSA) is 59.1 Å². The Morgan fingerprint density at radius 1 is 1.25 bits per heavy atom. The molecule has 1 rings (SSSR count). The lowest BCUT2D eigenvalue weighted by Gasteiger charge is -2.06. The number of ether oxygens (including phenoxy) is 1. The Labute approximate surface area is 96.6 Å². The van der Waals surface area contributed by atoms with Crippen molar-refractivity contribution in [2.45, 2.75) is 19.8 Å². The highest BCUT2D eigenvalue weighted by Crippen LogP contribution is 2.05. The van der Waals surface area contributed by atoms with Crippen molar-refractivity contribution < 1.29 is 4.74 Å². The predicted molar refractivity (Wildman–Crippen MR) is 65.8 cm³/mol. The number of anilines is 2. The second-order valence-electron chi connectivity index (χ2n) is 3.43. The largest absolute Gasteiger partial charge is 0.381 e. The number of hydrogen-bond donors (Lipinski definition) is 2. The summed E-state index contributed by atoms with van der Waals surface area (Å²) in [7, 11) is 1.83. The first kappa shape index (κ1) is 12.7. The van der Waals surface area contributed by atoms with Gasteiger partial charge in [0.25, 0.3) is 0 Å². The normalized spacial score (nSPS) is 10.1. The summed E-state index contributed by atoms with van der Waals surface area (Å²) in [5.41, 5.74) is 0. The summed E-state index contributed by atoms with van der Waals surface area (Å²) in [6.45, 7) is 4.59. The molecule has 0 saturated heterocycles. The summed E-state index contributed by atoms with van der Waals surface area (Å²) in [4.78, 5) is 8.36. The van der Waals surface area contributed by atoms with Crippen LogP contribution in [0.2, 0.25) is 0 Å². The molecule has 0 aliphatic carbocycles. The summed E-state index contributed by atoms with van der Waals surface area (Å²) in [5, 5.41) is 6.15. The minimum atomic E-state index is 0.771. The van der Waals surface area contributed by atoms with Crippen molar-refractivity contribution in [2.75, 3.05) is 37.4 Å². The molecule has 1 aromatic rings. The number of aromatic nitrogens is 2. The van der Waals surface area contributed by atoms with Gasteiger partial charge in [0.05, 0.1) is 12.4 Å². The molecule has 1 aromatic heterocycles. The first-order chi connectivity index (χ1) is 7.86. The van der Waals surface area contributed by atoms with Gasteiger partial charge >= 0.3 is 0 Å². The van der Waals surface area contributed by atoms with Gasteiger partial charge in [-0.1, -0.05) is 6.92 Å². The van der Waals surface area contributed by atoms with Crippen LogP contribution in [0.25, 0.3) is 0 Å². The maximum Gasteiger partial charge on any atom is 0.146 e. The second kappa shape index (κ2) is 7.87. The van der Waals surface area contributed by atoms with Crippen molar-refractivity contribution in [1.29, 1.82) is 0 Å². The lowest BCUT2D eigenvalue weighted by atomic mass is 10.4. The molecule has 0 aromatic carbocycles. The zero-order valence-electron chi connectivity index (χ0n) is 9.99. The van der Waals surface area contributed by atoms with Crippen LogP contribution in [0, 0.1) is 0 Å². The van der Waals surface area contributed by atoms with E-state index in [0.29, 0.717) is 0 Å². The fourth-order valence-electron chi connectivity index (χ4n) is 1.21. The van der Waals surface area contributed by atoms with Crippen LogP contribution in [0.5, 0.6) is 0 Å². The van der Waals surface area contributed by atoms with E-state index in [0.717, 1.165) is 44.2 Å². The minimum Gasteiger partial charge on any atom is -0.381 e. The lowest BCUT2D eigenvalue weighted by Crippen LogP contribution is -2.08. The molecule has 90 valence electrons. The van der Waals surface area contributed by atoms with E-state index in [9.17, 15) is 0 Å². The van der Waals surface area contributed by atoms with Crippen LogP contribution in [0.3, 0.4) is 0 Å². The van der Waals surface area contributed by atoms with Gasteiger partial charge < -0.3 is 15.4 Å². The summed E-state index contributed by atoms with van der Waals surface area (Å²) in [5.74, 6) is 1.56. The van der Waals surface area contributed by atoms with Gasteiger partial charge in [0.2, 0.25) is 0 Å². The van der Waals surface area contributed by atoms with Gasteiger partial charge in [-0.05, 0) is 12.8 Å². The molecule has 0 fully saturated rings. The third kappa shape index (κ3) is 4.93. The summed E-state index contributed by atoms with van der Waals surface area (Å²) < 4.78 is 5.38. The molecule has 0 amide bonds. The Bertz CT molecular complexity index is 293. The summed E-state index contributed by atoms with van der Waals surface area (Å²) in [6.07, 6.45) is 5.46. The molecule has 0 bridgehead atoms. The Morgan fingerprint density at radius 3 is 2.81 bits per heavy atom. The van der Waals surface area contributed by atoms with Crippen LogP contribution in [0.1, 0.15) is 19.8 Å². The molecule has 0 atom stereocenters. The molecular weight excluding hydrogens is 204 g/mol. The third-order valence-corrected chi connectivity index (χ3v) is 2.01. The number of hydrogen-bond acceptors (Lipinski definition) is 5. The highest BCUT2D eigenvalue weighted by molar-refractivity contribution is 5.40. The molecule has 0 unspecified atom stereocenters. The van der Waals surface area contributed by atoms with Crippen molar-refractivity contribution >= 4 is 11.6 Å². The molecule has 0 spiro atoms. The molecule has 5 nitrogen and oxygen atoms in total. The SMILES string of the molecule is CCCOCCCNc1cncc(NC)n1. The molecular formula is C11H20N4O. The van der Waals surface area contributed by atoms with Gasteiger partial charge in [-0.25, -0.2) is 4.98 Å². The van der Waals surface area contributed by atoms with E-state index < -0.39 is 0 Å². The first-order valence-electron chi connectivity index (χ1n) is 5.68. The quantitative estimate of drug-likeness (QED) is 0.659. The van der Waals surface area contributed by atoms with Crippen molar-refractivity contribution in [2.24, 2.45) is 0 Å². The van der Waals surface area contributed by atoms with Crippen molar-refractivity contribution in [1.82, 2.24) is 9.97 Å². The molecule has 0 aliphatic heterocycles. The van der Waals surface area contributed by atoms with Gasteiger partial charge in [0, 0.05) is 26.8 Å². The summed E-state index contributed by atoms with van der Waals surface area (Å²) in [6, 6.07) is 0. The van der Waals surface area contributed by atoms with Gasteiger partial charge in [-0.3, -0.25) is 4.98 Å². The van der Waals surface area contributed by atoms with E-state index in [4.69, 9.17) is 4.74 Å². The fourth-order valence-corrected chi connectivity index (χ4v) is 1.21. The third-order valence-electron chi connectivity index (χ3n) is 2.01. The number of nitrogens with one attached hydrogen (secondary N) is 2. The Hall–Kier alpha value is -1.36. The summed E-state index contributed by atoms with van der Waals surface area (Å²) >= 11 is 0. The zero-order chi connectivity index (χ0) is 11.6. The van der Waals surface area contributed by atoms with Crippen LogP contribution >= 0.6 is 0 Å². The highest BCUT2D eigenvalue weighted by Gasteiger charge is 1.95. The molecule has 1 heterocycles. The molecule has 5 heteroatoms. The number of rotatable bonds is 8. The van der Waals surface area contributed by atoms with Crippen molar-refractivity contribution in [3.63, 3.8) is 0 Å². The van der Waals surface area contributed by atoms with E-state index in [1.807, 2.05) is 7.05 Å². The van der Waals surface area contributed by atoms with E-state index in [2.05, 4.69) is 27.5 Å². The molecule has 0 radical (unpaired) electrons. The first-order valence-corrected chi connectivity index (χ1v) is 5.68. The van der Waals surface area contributed by atoms with Gasteiger partial charge in [0.1, 0.15) is 11.6 Å². The Kier molecular flexibility index (Phi) is 6.25. The fraction of sp³-hybridized carbons (Fsp3) is 0.636. The maximum atomic E-state index is 5.38. The van der Waals surface area contributed by atoms with Gasteiger partial charge in [0.15, 0.2) is 0 Å². The van der Waals surface area contributed by atoms with Crippen molar-refractivity contribution in [3.8, 4) is 0 Å². The van der Waals surface area contributed by atoms with Crippen LogP contribution in [0.15, 0.2) is 12.4 Å². The standard InChI is InChI=1S/C11H20N4O/c1-3-6-16-7-4-5-14-11-9-13-8-10(12-2)15-11/h8-9H,3-7H2,1-2H3,(H2,12,14,15). The van der Waals surface area contributed by atoms with Crippen molar-refractivity contribution in [3.05, 3.63) is 12.4 Å². The Balaban J connectivity index is 2.16. The lowest BCUT2D eigenvalue weighted by molar-refractivity contribution is 0.134. The second-order valence-corrected chi connectivity index (χ2v) is 3.43. The van der Waals surface area contributed by atoms with E-state index in [1.165, 1.54) is 0 Å². The minimum absolute atomic E-state index is 0.771. The van der Waals surface area contributed by atoms with Crippen LogP contribution < -0.4 is 10.6 Å². The van der Waals surface area contributed by atoms with Crippen LogP contribution in [0.4, 0.5) is 11.6 Å². The highest BCUT2D eigenvalue weighted by atomic mass is 16.5. The van der Waals surface area contributed by atoms with Crippen LogP contribution in [-0.4, -0.2) is 36.8 Å².